The third kappa shape index (κ3) is 2.87. The highest BCUT2D eigenvalue weighted by Crippen LogP contribution is 2.49. The summed E-state index contributed by atoms with van der Waals surface area (Å²) in [6.45, 7) is 5.39. The van der Waals surface area contributed by atoms with Gasteiger partial charge in [-0.05, 0) is 68.9 Å². The summed E-state index contributed by atoms with van der Waals surface area (Å²) in [5, 5.41) is 6.66. The number of hydrogen-bond donors (Lipinski definition) is 2. The van der Waals surface area contributed by atoms with Crippen LogP contribution in [0.15, 0.2) is 0 Å². The van der Waals surface area contributed by atoms with Gasteiger partial charge < -0.3 is 10.6 Å². The van der Waals surface area contributed by atoms with Crippen molar-refractivity contribution in [2.24, 2.45) is 23.2 Å². The van der Waals surface area contributed by atoms with Crippen LogP contribution in [0.2, 0.25) is 0 Å². The molecular weight excluding hydrogens is 224 g/mol. The van der Waals surface area contributed by atoms with E-state index in [9.17, 15) is 4.79 Å². The smallest absolute Gasteiger partial charge is 0.223 e. The van der Waals surface area contributed by atoms with Crippen molar-refractivity contribution in [3.8, 4) is 0 Å². The van der Waals surface area contributed by atoms with Crippen molar-refractivity contribution < 1.29 is 4.79 Å². The molecule has 0 aromatic heterocycles. The van der Waals surface area contributed by atoms with Gasteiger partial charge in [0.05, 0.1) is 0 Å². The second-order valence-electron chi connectivity index (χ2n) is 6.98. The second-order valence-corrected chi connectivity index (χ2v) is 6.98. The van der Waals surface area contributed by atoms with Crippen molar-refractivity contribution in [2.75, 3.05) is 19.6 Å². The third-order valence-electron chi connectivity index (χ3n) is 5.06. The van der Waals surface area contributed by atoms with E-state index in [0.717, 1.165) is 31.5 Å². The first-order valence-corrected chi connectivity index (χ1v) is 7.66. The van der Waals surface area contributed by atoms with Gasteiger partial charge in [0.25, 0.3) is 0 Å². The average Bonchev–Trinajstić information content (AvgIpc) is 3.22. The fourth-order valence-electron chi connectivity index (χ4n) is 3.35. The summed E-state index contributed by atoms with van der Waals surface area (Å²) in [5.74, 6) is 2.16. The van der Waals surface area contributed by atoms with Crippen molar-refractivity contribution in [1.29, 1.82) is 0 Å². The molecular formula is C15H26N2O. The quantitative estimate of drug-likeness (QED) is 0.783. The zero-order valence-electron chi connectivity index (χ0n) is 11.5. The molecule has 0 atom stereocenters. The van der Waals surface area contributed by atoms with Crippen molar-refractivity contribution in [1.82, 2.24) is 10.6 Å². The van der Waals surface area contributed by atoms with Gasteiger partial charge in [-0.25, -0.2) is 0 Å². The van der Waals surface area contributed by atoms with Crippen LogP contribution in [0.1, 0.15) is 45.4 Å². The van der Waals surface area contributed by atoms with Gasteiger partial charge in [0.1, 0.15) is 0 Å². The number of nitrogens with one attached hydrogen (secondary N) is 2. The fourth-order valence-corrected chi connectivity index (χ4v) is 3.35. The zero-order chi connectivity index (χ0) is 12.6. The third-order valence-corrected chi connectivity index (χ3v) is 5.06. The molecule has 0 aromatic carbocycles. The molecule has 2 saturated carbocycles. The first-order valence-electron chi connectivity index (χ1n) is 7.66. The first kappa shape index (κ1) is 12.5. The molecule has 1 amide bonds. The average molecular weight is 250 g/mol. The van der Waals surface area contributed by atoms with Crippen LogP contribution in [0.5, 0.6) is 0 Å². The molecule has 1 aliphatic heterocycles. The molecule has 0 unspecified atom stereocenters. The number of carbonyl (C=O) groups is 1. The lowest BCUT2D eigenvalue weighted by molar-refractivity contribution is -0.126. The maximum Gasteiger partial charge on any atom is 0.223 e. The van der Waals surface area contributed by atoms with E-state index >= 15 is 0 Å². The van der Waals surface area contributed by atoms with Gasteiger partial charge in [0.15, 0.2) is 0 Å². The van der Waals surface area contributed by atoms with Crippen molar-refractivity contribution in [3.63, 3.8) is 0 Å². The maximum absolute atomic E-state index is 12.4. The van der Waals surface area contributed by atoms with Crippen LogP contribution in [0.3, 0.4) is 0 Å². The predicted octanol–water partition coefficient (Wildman–Crippen LogP) is 1.93. The van der Waals surface area contributed by atoms with Crippen LogP contribution in [-0.2, 0) is 4.79 Å². The van der Waals surface area contributed by atoms with E-state index in [0.29, 0.717) is 17.2 Å². The van der Waals surface area contributed by atoms with E-state index in [2.05, 4.69) is 17.6 Å². The fraction of sp³-hybridized carbons (Fsp3) is 0.933. The summed E-state index contributed by atoms with van der Waals surface area (Å²) in [6, 6.07) is 0. The van der Waals surface area contributed by atoms with Crippen LogP contribution in [0.25, 0.3) is 0 Å². The first-order chi connectivity index (χ1) is 8.68. The van der Waals surface area contributed by atoms with Gasteiger partial charge in [-0.15, -0.1) is 0 Å². The predicted molar refractivity (Wildman–Crippen MR) is 72.2 cm³/mol. The minimum absolute atomic E-state index is 0.318. The maximum atomic E-state index is 12.4. The molecule has 3 nitrogen and oxygen atoms in total. The highest BCUT2D eigenvalue weighted by Gasteiger charge is 2.45. The molecule has 102 valence electrons. The van der Waals surface area contributed by atoms with Crippen molar-refractivity contribution in [2.45, 2.75) is 45.4 Å². The zero-order valence-corrected chi connectivity index (χ0v) is 11.5. The second kappa shape index (κ2) is 4.84. The molecule has 0 spiro atoms. The van der Waals surface area contributed by atoms with Gasteiger partial charge in [0.2, 0.25) is 5.91 Å². The van der Waals surface area contributed by atoms with E-state index < -0.39 is 0 Å². The van der Waals surface area contributed by atoms with E-state index in [4.69, 9.17) is 0 Å². The molecule has 2 N–H and O–H groups in total. The SMILES string of the molecule is CC1(CNC(=O)C(C2CC2)C2CC2)CCNCC1. The molecule has 3 aliphatic rings. The largest absolute Gasteiger partial charge is 0.355 e. The van der Waals surface area contributed by atoms with Crippen LogP contribution >= 0.6 is 0 Å². The number of hydrogen-bond acceptors (Lipinski definition) is 2. The Morgan fingerprint density at radius 2 is 1.78 bits per heavy atom. The Labute approximate surface area is 110 Å². The van der Waals surface area contributed by atoms with Gasteiger partial charge in [-0.3, -0.25) is 4.79 Å². The summed E-state index contributed by atoms with van der Waals surface area (Å²) in [6.07, 6.45) is 7.52. The highest BCUT2D eigenvalue weighted by molar-refractivity contribution is 5.80. The molecule has 1 saturated heterocycles. The van der Waals surface area contributed by atoms with Gasteiger partial charge >= 0.3 is 0 Å². The number of amides is 1. The number of rotatable bonds is 5. The Morgan fingerprint density at radius 3 is 2.28 bits per heavy atom. The summed E-state index contributed by atoms with van der Waals surface area (Å²) in [4.78, 5) is 12.4. The topological polar surface area (TPSA) is 41.1 Å². The van der Waals surface area contributed by atoms with Crippen molar-refractivity contribution >= 4 is 5.91 Å². The Bertz CT molecular complexity index is 302. The van der Waals surface area contributed by atoms with E-state index in [-0.39, 0.29) is 0 Å². The van der Waals surface area contributed by atoms with Crippen LogP contribution < -0.4 is 10.6 Å². The summed E-state index contributed by atoms with van der Waals surface area (Å²) < 4.78 is 0. The number of carbonyl (C=O) groups excluding carboxylic acids is 1. The minimum Gasteiger partial charge on any atom is -0.355 e. The Kier molecular flexibility index (Phi) is 3.35. The molecule has 3 rings (SSSR count). The Morgan fingerprint density at radius 1 is 1.22 bits per heavy atom. The number of piperidine rings is 1. The molecule has 0 bridgehead atoms. The van der Waals surface area contributed by atoms with E-state index in [1.54, 1.807) is 0 Å². The van der Waals surface area contributed by atoms with Gasteiger partial charge in [0, 0.05) is 12.5 Å². The monoisotopic (exact) mass is 250 g/mol. The summed E-state index contributed by atoms with van der Waals surface area (Å²) in [7, 11) is 0. The van der Waals surface area contributed by atoms with Crippen molar-refractivity contribution in [3.05, 3.63) is 0 Å². The van der Waals surface area contributed by atoms with E-state index in [1.165, 1.54) is 38.5 Å². The van der Waals surface area contributed by atoms with Gasteiger partial charge in [-0.2, -0.15) is 0 Å². The standard InChI is InChI=1S/C15H26N2O/c1-15(6-8-16-9-7-15)10-17-14(18)13(11-2-3-11)12-4-5-12/h11-13,16H,2-10H2,1H3,(H,17,18). The van der Waals surface area contributed by atoms with Crippen LogP contribution in [0.4, 0.5) is 0 Å². The molecule has 3 heteroatoms. The molecule has 3 fully saturated rings. The normalized spacial score (nSPS) is 27.2. The minimum atomic E-state index is 0.318. The van der Waals surface area contributed by atoms with Crippen LogP contribution in [-0.4, -0.2) is 25.5 Å². The molecule has 1 heterocycles. The lowest BCUT2D eigenvalue weighted by Crippen LogP contribution is -2.44. The summed E-state index contributed by atoms with van der Waals surface area (Å²) in [5.41, 5.74) is 0.318. The molecule has 0 aromatic rings. The highest BCUT2D eigenvalue weighted by atomic mass is 16.1. The Hall–Kier alpha value is -0.570. The molecule has 18 heavy (non-hydrogen) atoms. The lowest BCUT2D eigenvalue weighted by Gasteiger charge is -2.34. The van der Waals surface area contributed by atoms with Crippen LogP contribution in [0, 0.1) is 23.2 Å². The molecule has 0 radical (unpaired) electrons. The lowest BCUT2D eigenvalue weighted by atomic mass is 9.81. The van der Waals surface area contributed by atoms with Gasteiger partial charge in [-0.1, -0.05) is 6.92 Å². The van der Waals surface area contributed by atoms with E-state index in [1.807, 2.05) is 0 Å². The molecule has 2 aliphatic carbocycles. The Balaban J connectivity index is 1.50. The summed E-state index contributed by atoms with van der Waals surface area (Å²) >= 11 is 0.